The van der Waals surface area contributed by atoms with Gasteiger partial charge in [-0.15, -0.1) is 0 Å². The Balaban J connectivity index is 3.13. The average Bonchev–Trinajstić information content (AvgIpc) is 2.08. The number of carbonyl (C=O) groups is 1. The Kier molecular flexibility index (Phi) is 3.03. The fourth-order valence-electron chi connectivity index (χ4n) is 0.916. The first kappa shape index (κ1) is 10.2. The van der Waals surface area contributed by atoms with Crippen molar-refractivity contribution < 1.29 is 14.3 Å². The van der Waals surface area contributed by atoms with E-state index in [0.29, 0.717) is 0 Å². The van der Waals surface area contributed by atoms with Crippen LogP contribution < -0.4 is 0 Å². The van der Waals surface area contributed by atoms with Gasteiger partial charge in [0.05, 0.1) is 10.4 Å². The molecule has 0 aliphatic carbocycles. The van der Waals surface area contributed by atoms with Crippen LogP contribution in [0.1, 0.15) is 17.3 Å². The Morgan fingerprint density at radius 1 is 1.62 bits per heavy atom. The van der Waals surface area contributed by atoms with E-state index >= 15 is 0 Å². The predicted octanol–water partition coefficient (Wildman–Crippen LogP) is 2.50. The second-order valence-corrected chi connectivity index (χ2v) is 4.02. The third kappa shape index (κ3) is 2.28. The molecular formula is C9H8BrFO2. The highest BCUT2D eigenvalue weighted by atomic mass is 79.9. The maximum Gasteiger partial charge on any atom is 0.179 e. The van der Waals surface area contributed by atoms with E-state index < -0.39 is 10.6 Å². The molecule has 13 heavy (non-hydrogen) atoms. The van der Waals surface area contributed by atoms with E-state index in [-0.39, 0.29) is 17.1 Å². The van der Waals surface area contributed by atoms with Gasteiger partial charge < -0.3 is 5.11 Å². The third-order valence-corrected chi connectivity index (χ3v) is 1.99. The molecule has 1 aromatic rings. The molecule has 0 saturated heterocycles. The highest BCUT2D eigenvalue weighted by Crippen LogP contribution is 2.18. The molecule has 0 amide bonds. The highest BCUT2D eigenvalue weighted by Gasteiger charge is 2.16. The minimum absolute atomic E-state index is 0.0932. The van der Waals surface area contributed by atoms with Gasteiger partial charge in [-0.3, -0.25) is 4.79 Å². The summed E-state index contributed by atoms with van der Waals surface area (Å²) in [5.74, 6) is -1.11. The van der Waals surface area contributed by atoms with Crippen molar-refractivity contribution in [1.29, 1.82) is 0 Å². The molecule has 0 bridgehead atoms. The Labute approximate surface area is 83.5 Å². The molecule has 0 saturated carbocycles. The van der Waals surface area contributed by atoms with Crippen LogP contribution in [0.2, 0.25) is 0 Å². The lowest BCUT2D eigenvalue weighted by atomic mass is 10.1. The third-order valence-electron chi connectivity index (χ3n) is 1.58. The van der Waals surface area contributed by atoms with Crippen LogP contribution in [-0.2, 0) is 0 Å². The van der Waals surface area contributed by atoms with E-state index in [1.807, 2.05) is 0 Å². The van der Waals surface area contributed by atoms with Gasteiger partial charge in [0.2, 0.25) is 0 Å². The van der Waals surface area contributed by atoms with Crippen LogP contribution in [0.3, 0.4) is 0 Å². The molecule has 0 aromatic heterocycles. The van der Waals surface area contributed by atoms with Gasteiger partial charge in [0.1, 0.15) is 11.6 Å². The topological polar surface area (TPSA) is 37.3 Å². The number of alkyl halides is 1. The second-order valence-electron chi connectivity index (χ2n) is 2.64. The Morgan fingerprint density at radius 2 is 2.23 bits per heavy atom. The van der Waals surface area contributed by atoms with Gasteiger partial charge in [0.25, 0.3) is 0 Å². The quantitative estimate of drug-likeness (QED) is 0.643. The predicted molar refractivity (Wildman–Crippen MR) is 50.8 cm³/mol. The fourth-order valence-corrected chi connectivity index (χ4v) is 1.16. The van der Waals surface area contributed by atoms with Crippen molar-refractivity contribution in [1.82, 2.24) is 0 Å². The molecule has 0 radical (unpaired) electrons. The van der Waals surface area contributed by atoms with Crippen molar-refractivity contribution in [2.45, 2.75) is 11.8 Å². The van der Waals surface area contributed by atoms with Crippen molar-refractivity contribution in [3.8, 4) is 5.75 Å². The SMILES string of the molecule is CC(Br)C(=O)c1cc(O)ccc1F. The molecule has 0 heterocycles. The van der Waals surface area contributed by atoms with Gasteiger partial charge in [-0.05, 0) is 25.1 Å². The van der Waals surface area contributed by atoms with Crippen LogP contribution in [0.15, 0.2) is 18.2 Å². The van der Waals surface area contributed by atoms with Crippen LogP contribution in [0.4, 0.5) is 4.39 Å². The largest absolute Gasteiger partial charge is 0.508 e. The van der Waals surface area contributed by atoms with E-state index in [1.54, 1.807) is 6.92 Å². The number of aromatic hydroxyl groups is 1. The molecule has 1 unspecified atom stereocenters. The van der Waals surface area contributed by atoms with Crippen molar-refractivity contribution in [2.75, 3.05) is 0 Å². The number of ketones is 1. The first-order valence-electron chi connectivity index (χ1n) is 3.69. The molecule has 1 aromatic carbocycles. The maximum absolute atomic E-state index is 13.0. The molecule has 1 N–H and O–H groups in total. The highest BCUT2D eigenvalue weighted by molar-refractivity contribution is 9.10. The number of halogens is 2. The number of hydrogen-bond acceptors (Lipinski definition) is 2. The van der Waals surface area contributed by atoms with E-state index in [1.165, 1.54) is 6.07 Å². The zero-order chi connectivity index (χ0) is 10.0. The zero-order valence-corrected chi connectivity index (χ0v) is 8.51. The summed E-state index contributed by atoms with van der Waals surface area (Å²) < 4.78 is 13.0. The summed E-state index contributed by atoms with van der Waals surface area (Å²) in [7, 11) is 0. The van der Waals surface area contributed by atoms with E-state index in [9.17, 15) is 9.18 Å². The summed E-state index contributed by atoms with van der Waals surface area (Å²) in [4.78, 5) is 10.9. The molecule has 2 nitrogen and oxygen atoms in total. The summed E-state index contributed by atoms with van der Waals surface area (Å²) in [6.45, 7) is 1.60. The van der Waals surface area contributed by atoms with Crippen molar-refractivity contribution in [3.05, 3.63) is 29.6 Å². The first-order valence-corrected chi connectivity index (χ1v) is 4.60. The van der Waals surface area contributed by atoms with Crippen molar-refractivity contribution in [2.24, 2.45) is 0 Å². The molecule has 0 aliphatic heterocycles. The molecule has 1 rings (SSSR count). The smallest absolute Gasteiger partial charge is 0.179 e. The number of hydrogen-bond donors (Lipinski definition) is 1. The Bertz CT molecular complexity index is 336. The Morgan fingerprint density at radius 3 is 2.77 bits per heavy atom. The number of Topliss-reactive ketones (excluding diaryl/α,β-unsaturated/α-hetero) is 1. The second kappa shape index (κ2) is 3.87. The lowest BCUT2D eigenvalue weighted by Crippen LogP contribution is -2.11. The van der Waals surface area contributed by atoms with Gasteiger partial charge in [-0.1, -0.05) is 15.9 Å². The molecule has 0 fully saturated rings. The lowest BCUT2D eigenvalue weighted by molar-refractivity contribution is 0.0991. The van der Waals surface area contributed by atoms with Crippen LogP contribution in [0, 0.1) is 5.82 Å². The standard InChI is InChI=1S/C9H8BrFO2/c1-5(10)9(13)7-4-6(12)2-3-8(7)11/h2-5,12H,1H3. The number of carbonyl (C=O) groups excluding carboxylic acids is 1. The number of rotatable bonds is 2. The summed E-state index contributed by atoms with van der Waals surface area (Å²) in [6.07, 6.45) is 0. The minimum atomic E-state index is -0.617. The van der Waals surface area contributed by atoms with Crippen molar-refractivity contribution in [3.63, 3.8) is 0 Å². The number of phenols is 1. The zero-order valence-electron chi connectivity index (χ0n) is 6.92. The maximum atomic E-state index is 13.0. The average molecular weight is 247 g/mol. The summed E-state index contributed by atoms with van der Waals surface area (Å²) in [6, 6.07) is 3.39. The lowest BCUT2D eigenvalue weighted by Gasteiger charge is -2.04. The fraction of sp³-hybridized carbons (Fsp3) is 0.222. The van der Waals surface area contributed by atoms with E-state index in [2.05, 4.69) is 15.9 Å². The molecule has 1 atom stereocenters. The van der Waals surface area contributed by atoms with E-state index in [0.717, 1.165) is 12.1 Å². The molecule has 0 spiro atoms. The van der Waals surface area contributed by atoms with Gasteiger partial charge in [0.15, 0.2) is 5.78 Å². The van der Waals surface area contributed by atoms with Crippen LogP contribution >= 0.6 is 15.9 Å². The van der Waals surface area contributed by atoms with Gasteiger partial charge in [-0.2, -0.15) is 0 Å². The molecular weight excluding hydrogens is 239 g/mol. The molecule has 4 heteroatoms. The van der Waals surface area contributed by atoms with Gasteiger partial charge in [0, 0.05) is 0 Å². The van der Waals surface area contributed by atoms with Crippen LogP contribution in [-0.4, -0.2) is 15.7 Å². The first-order chi connectivity index (χ1) is 6.02. The number of phenolic OH excluding ortho intramolecular Hbond substituents is 1. The minimum Gasteiger partial charge on any atom is -0.508 e. The van der Waals surface area contributed by atoms with Crippen LogP contribution in [0.25, 0.3) is 0 Å². The summed E-state index contributed by atoms with van der Waals surface area (Å²) in [5.41, 5.74) is -0.0932. The van der Waals surface area contributed by atoms with Gasteiger partial charge in [-0.25, -0.2) is 4.39 Å². The monoisotopic (exact) mass is 246 g/mol. The normalized spacial score (nSPS) is 12.5. The summed E-state index contributed by atoms with van der Waals surface area (Å²) in [5, 5.41) is 9.03. The van der Waals surface area contributed by atoms with E-state index in [4.69, 9.17) is 5.11 Å². The molecule has 0 aliphatic rings. The van der Waals surface area contributed by atoms with Crippen molar-refractivity contribution >= 4 is 21.7 Å². The van der Waals surface area contributed by atoms with Crippen LogP contribution in [0.5, 0.6) is 5.75 Å². The van der Waals surface area contributed by atoms with Gasteiger partial charge >= 0.3 is 0 Å². The summed E-state index contributed by atoms with van der Waals surface area (Å²) >= 11 is 3.04. The molecule has 70 valence electrons. The Hall–Kier alpha value is -0.900. The number of benzene rings is 1.